The van der Waals surface area contributed by atoms with Crippen molar-refractivity contribution >= 4 is 23.3 Å². The fourth-order valence-corrected chi connectivity index (χ4v) is 2.48. The molecule has 23 heavy (non-hydrogen) atoms. The first-order valence-corrected chi connectivity index (χ1v) is 7.92. The van der Waals surface area contributed by atoms with Crippen LogP contribution in [0.1, 0.15) is 20.3 Å². The molecule has 0 aliphatic carbocycles. The quantitative estimate of drug-likeness (QED) is 0.789. The van der Waals surface area contributed by atoms with Crippen LogP contribution in [0.2, 0.25) is 5.02 Å². The Morgan fingerprint density at radius 2 is 1.96 bits per heavy atom. The van der Waals surface area contributed by atoms with E-state index in [2.05, 4.69) is 0 Å². The van der Waals surface area contributed by atoms with Crippen LogP contribution in [0, 0.1) is 0 Å². The van der Waals surface area contributed by atoms with Crippen LogP contribution in [0.3, 0.4) is 0 Å². The van der Waals surface area contributed by atoms with E-state index in [0.29, 0.717) is 28.8 Å². The van der Waals surface area contributed by atoms with Crippen molar-refractivity contribution in [3.8, 4) is 11.5 Å². The van der Waals surface area contributed by atoms with Gasteiger partial charge in [0.2, 0.25) is 0 Å². The predicted octanol–water partition coefficient (Wildman–Crippen LogP) is 4.82. The monoisotopic (exact) mass is 333 g/mol. The second-order valence-electron chi connectivity index (χ2n) is 5.23. The number of benzene rings is 2. The van der Waals surface area contributed by atoms with E-state index in [4.69, 9.17) is 16.3 Å². The summed E-state index contributed by atoms with van der Waals surface area (Å²) in [5.74, 6) is 0.390. The summed E-state index contributed by atoms with van der Waals surface area (Å²) in [4.78, 5) is 13.2. The van der Waals surface area contributed by atoms with Crippen LogP contribution >= 0.6 is 11.6 Å². The number of rotatable bonds is 7. The van der Waals surface area contributed by atoms with Crippen LogP contribution in [0.25, 0.3) is 0 Å². The van der Waals surface area contributed by atoms with Gasteiger partial charge in [-0.05, 0) is 43.7 Å². The average Bonchev–Trinajstić information content (AvgIpc) is 2.54. The fraction of sp³-hybridized carbons (Fsp3) is 0.278. The molecule has 122 valence electrons. The lowest BCUT2D eigenvalue weighted by atomic mass is 10.2. The molecule has 0 spiro atoms. The number of anilines is 1. The molecule has 0 saturated carbocycles. The van der Waals surface area contributed by atoms with E-state index in [1.54, 1.807) is 30.0 Å². The first-order valence-electron chi connectivity index (χ1n) is 7.54. The van der Waals surface area contributed by atoms with E-state index in [-0.39, 0.29) is 0 Å². The number of carboxylic acid groups (broad SMARTS) is 1. The molecule has 1 N–H and O–H groups in total. The zero-order valence-corrected chi connectivity index (χ0v) is 14.0. The minimum atomic E-state index is -0.885. The number of aliphatic carboxylic acids is 1. The van der Waals surface area contributed by atoms with Gasteiger partial charge in [-0.2, -0.15) is 0 Å². The fourth-order valence-electron chi connectivity index (χ4n) is 2.31. The lowest BCUT2D eigenvalue weighted by Gasteiger charge is -2.30. The molecule has 0 aliphatic heterocycles. The molecule has 0 aromatic heterocycles. The molecule has 0 saturated heterocycles. The van der Waals surface area contributed by atoms with Crippen LogP contribution < -0.4 is 9.64 Å². The highest BCUT2D eigenvalue weighted by atomic mass is 35.5. The minimum Gasteiger partial charge on any atom is -0.480 e. The number of hydrogen-bond acceptors (Lipinski definition) is 3. The van der Waals surface area contributed by atoms with Gasteiger partial charge in [-0.3, -0.25) is 0 Å². The molecule has 0 radical (unpaired) electrons. The Morgan fingerprint density at radius 1 is 1.26 bits per heavy atom. The normalized spacial score (nSPS) is 11.8. The molecule has 4 nitrogen and oxygen atoms in total. The summed E-state index contributed by atoms with van der Waals surface area (Å²) in [5, 5.41) is 9.92. The number of carbonyl (C=O) groups is 1. The average molecular weight is 334 g/mol. The maximum atomic E-state index is 11.4. The molecule has 5 heteroatoms. The summed E-state index contributed by atoms with van der Waals surface area (Å²) in [6.07, 6.45) is 0.814. The molecular weight excluding hydrogens is 314 g/mol. The molecule has 2 aromatic rings. The summed E-state index contributed by atoms with van der Waals surface area (Å²) < 4.78 is 5.93. The number of nitrogens with zero attached hydrogens (tertiary/aromatic N) is 1. The van der Waals surface area contributed by atoms with E-state index in [1.165, 1.54) is 0 Å². The Hall–Kier alpha value is -2.20. The molecule has 0 heterocycles. The lowest BCUT2D eigenvalue weighted by Crippen LogP contribution is -2.39. The highest BCUT2D eigenvalue weighted by Crippen LogP contribution is 2.35. The summed E-state index contributed by atoms with van der Waals surface area (Å²) in [6, 6.07) is 13.9. The van der Waals surface area contributed by atoms with Crippen LogP contribution in [-0.2, 0) is 4.79 Å². The van der Waals surface area contributed by atoms with E-state index < -0.39 is 12.0 Å². The minimum absolute atomic E-state index is 0.541. The van der Waals surface area contributed by atoms with Crippen LogP contribution in [-0.4, -0.2) is 23.7 Å². The molecular formula is C18H20ClNO3. The van der Waals surface area contributed by atoms with Gasteiger partial charge in [-0.25, -0.2) is 4.79 Å². The van der Waals surface area contributed by atoms with Crippen molar-refractivity contribution in [3.63, 3.8) is 0 Å². The van der Waals surface area contributed by atoms with Crippen molar-refractivity contribution in [2.75, 3.05) is 11.4 Å². The molecule has 2 rings (SSSR count). The van der Waals surface area contributed by atoms with Gasteiger partial charge in [-0.1, -0.05) is 36.7 Å². The Balaban J connectivity index is 2.42. The van der Waals surface area contributed by atoms with Gasteiger partial charge in [0, 0.05) is 11.6 Å². The molecule has 0 unspecified atom stereocenters. The van der Waals surface area contributed by atoms with Gasteiger partial charge in [0.1, 0.15) is 11.8 Å². The highest BCUT2D eigenvalue weighted by molar-refractivity contribution is 6.31. The van der Waals surface area contributed by atoms with Crippen molar-refractivity contribution in [2.24, 2.45) is 0 Å². The molecule has 1 atom stereocenters. The highest BCUT2D eigenvalue weighted by Gasteiger charge is 2.23. The van der Waals surface area contributed by atoms with Gasteiger partial charge in [0.25, 0.3) is 0 Å². The third-order valence-electron chi connectivity index (χ3n) is 3.49. The Morgan fingerprint density at radius 3 is 2.57 bits per heavy atom. The van der Waals surface area contributed by atoms with Gasteiger partial charge in [0.15, 0.2) is 5.75 Å². The van der Waals surface area contributed by atoms with Crippen molar-refractivity contribution < 1.29 is 14.6 Å². The second kappa shape index (κ2) is 7.88. The topological polar surface area (TPSA) is 49.8 Å². The van der Waals surface area contributed by atoms with Crippen molar-refractivity contribution in [1.29, 1.82) is 0 Å². The zero-order chi connectivity index (χ0) is 16.8. The first kappa shape index (κ1) is 17.2. The number of carboxylic acids is 1. The zero-order valence-electron chi connectivity index (χ0n) is 13.2. The Labute approximate surface area is 141 Å². The van der Waals surface area contributed by atoms with E-state index in [9.17, 15) is 9.90 Å². The molecule has 0 bridgehead atoms. The third kappa shape index (κ3) is 4.39. The Bertz CT molecular complexity index is 661. The first-order chi connectivity index (χ1) is 11.0. The van der Waals surface area contributed by atoms with Gasteiger partial charge < -0.3 is 14.7 Å². The van der Waals surface area contributed by atoms with Gasteiger partial charge in [0.05, 0.1) is 5.69 Å². The smallest absolute Gasteiger partial charge is 0.326 e. The number of hydrogen-bond donors (Lipinski definition) is 1. The van der Waals surface area contributed by atoms with Crippen LogP contribution in [0.15, 0.2) is 48.5 Å². The maximum absolute atomic E-state index is 11.4. The number of ether oxygens (including phenoxy) is 1. The standard InChI is InChI=1S/C18H20ClNO3/c1-3-11-20(13(2)18(21)22)16-12-14(19)9-10-17(16)23-15-7-5-4-6-8-15/h4-10,12-13H,3,11H2,1-2H3,(H,21,22)/t13-/m1/s1. The van der Waals surface area contributed by atoms with Crippen molar-refractivity contribution in [1.82, 2.24) is 0 Å². The SMILES string of the molecule is CCCN(c1cc(Cl)ccc1Oc1ccccc1)[C@H](C)C(=O)O. The predicted molar refractivity (Wildman–Crippen MR) is 92.7 cm³/mol. The van der Waals surface area contributed by atoms with Crippen LogP contribution in [0.4, 0.5) is 5.69 Å². The van der Waals surface area contributed by atoms with Crippen molar-refractivity contribution in [3.05, 3.63) is 53.6 Å². The van der Waals surface area contributed by atoms with Gasteiger partial charge >= 0.3 is 5.97 Å². The number of para-hydroxylation sites is 1. The summed E-state index contributed by atoms with van der Waals surface area (Å²) in [7, 11) is 0. The van der Waals surface area contributed by atoms with E-state index in [0.717, 1.165) is 6.42 Å². The summed E-state index contributed by atoms with van der Waals surface area (Å²) in [5.41, 5.74) is 0.679. The molecule has 0 aliphatic rings. The third-order valence-corrected chi connectivity index (χ3v) is 3.73. The maximum Gasteiger partial charge on any atom is 0.326 e. The Kier molecular flexibility index (Phi) is 5.88. The van der Waals surface area contributed by atoms with E-state index >= 15 is 0 Å². The van der Waals surface area contributed by atoms with Crippen LogP contribution in [0.5, 0.6) is 11.5 Å². The lowest BCUT2D eigenvalue weighted by molar-refractivity contribution is -0.138. The second-order valence-corrected chi connectivity index (χ2v) is 5.67. The molecule has 2 aromatic carbocycles. The van der Waals surface area contributed by atoms with E-state index in [1.807, 2.05) is 37.3 Å². The summed E-state index contributed by atoms with van der Waals surface area (Å²) in [6.45, 7) is 4.26. The summed E-state index contributed by atoms with van der Waals surface area (Å²) >= 11 is 6.12. The number of halogens is 1. The largest absolute Gasteiger partial charge is 0.480 e. The van der Waals surface area contributed by atoms with Crippen molar-refractivity contribution in [2.45, 2.75) is 26.3 Å². The molecule has 0 fully saturated rings. The molecule has 0 amide bonds. The van der Waals surface area contributed by atoms with Gasteiger partial charge in [-0.15, -0.1) is 0 Å².